The molecular formula is C13H14F2N2O. The summed E-state index contributed by atoms with van der Waals surface area (Å²) in [5.41, 5.74) is 0.565. The summed E-state index contributed by atoms with van der Waals surface area (Å²) < 4.78 is 27.3. The zero-order valence-electron chi connectivity index (χ0n) is 10.0. The van der Waals surface area contributed by atoms with E-state index in [1.165, 1.54) is 6.07 Å². The highest BCUT2D eigenvalue weighted by atomic mass is 19.2. The summed E-state index contributed by atoms with van der Waals surface area (Å²) in [6.45, 7) is 2.56. The predicted octanol–water partition coefficient (Wildman–Crippen LogP) is 2.52. The maximum Gasteiger partial charge on any atom is 0.247 e. The van der Waals surface area contributed by atoms with Gasteiger partial charge in [0.15, 0.2) is 11.6 Å². The molecule has 18 heavy (non-hydrogen) atoms. The van der Waals surface area contributed by atoms with E-state index < -0.39 is 11.6 Å². The van der Waals surface area contributed by atoms with Gasteiger partial charge < -0.3 is 10.2 Å². The molecule has 96 valence electrons. The first-order valence-electron chi connectivity index (χ1n) is 6.15. The summed E-state index contributed by atoms with van der Waals surface area (Å²) in [5.74, 6) is -1.72. The Morgan fingerprint density at radius 1 is 1.39 bits per heavy atom. The molecule has 2 unspecified atom stereocenters. The highest BCUT2D eigenvalue weighted by molar-refractivity contribution is 6.04. The van der Waals surface area contributed by atoms with E-state index in [2.05, 4.69) is 5.32 Å². The topological polar surface area (TPSA) is 32.3 Å². The van der Waals surface area contributed by atoms with Gasteiger partial charge in [0, 0.05) is 6.54 Å². The number of piperidine rings is 1. The SMILES string of the molecule is CC1CCCN2c3c(ccc(F)c3F)NC(=O)C12. The molecule has 1 aromatic carbocycles. The summed E-state index contributed by atoms with van der Waals surface area (Å²) in [6, 6.07) is 2.08. The lowest BCUT2D eigenvalue weighted by Crippen LogP contribution is -2.54. The van der Waals surface area contributed by atoms with Crippen LogP contribution in [0.4, 0.5) is 20.2 Å². The van der Waals surface area contributed by atoms with Gasteiger partial charge in [-0.3, -0.25) is 4.79 Å². The molecule has 0 aliphatic carbocycles. The molecule has 1 fully saturated rings. The number of anilines is 2. The van der Waals surface area contributed by atoms with Crippen molar-refractivity contribution in [1.82, 2.24) is 0 Å². The van der Waals surface area contributed by atoms with E-state index in [-0.39, 0.29) is 23.6 Å². The molecule has 1 aromatic rings. The summed E-state index contributed by atoms with van der Waals surface area (Å²) in [5, 5.41) is 2.67. The van der Waals surface area contributed by atoms with Crippen LogP contribution in [0.1, 0.15) is 19.8 Å². The Morgan fingerprint density at radius 2 is 2.17 bits per heavy atom. The first-order chi connectivity index (χ1) is 8.59. The predicted molar refractivity (Wildman–Crippen MR) is 64.5 cm³/mol. The average Bonchev–Trinajstić information content (AvgIpc) is 2.34. The van der Waals surface area contributed by atoms with Gasteiger partial charge in [0.25, 0.3) is 0 Å². The van der Waals surface area contributed by atoms with Crippen molar-refractivity contribution >= 4 is 17.3 Å². The number of hydrogen-bond donors (Lipinski definition) is 1. The van der Waals surface area contributed by atoms with Crippen LogP contribution in [-0.2, 0) is 4.79 Å². The molecule has 2 aliphatic rings. The van der Waals surface area contributed by atoms with Gasteiger partial charge in [-0.25, -0.2) is 8.78 Å². The molecule has 2 atom stereocenters. The van der Waals surface area contributed by atoms with Gasteiger partial charge >= 0.3 is 0 Å². The van der Waals surface area contributed by atoms with Gasteiger partial charge in [-0.1, -0.05) is 6.92 Å². The van der Waals surface area contributed by atoms with Crippen molar-refractivity contribution in [3.63, 3.8) is 0 Å². The van der Waals surface area contributed by atoms with Crippen molar-refractivity contribution in [3.05, 3.63) is 23.8 Å². The Labute approximate surface area is 104 Å². The van der Waals surface area contributed by atoms with Crippen molar-refractivity contribution in [3.8, 4) is 0 Å². The zero-order valence-corrected chi connectivity index (χ0v) is 10.0. The molecule has 1 saturated heterocycles. The van der Waals surface area contributed by atoms with Gasteiger partial charge in [0.1, 0.15) is 11.7 Å². The largest absolute Gasteiger partial charge is 0.355 e. The second-order valence-corrected chi connectivity index (χ2v) is 5.00. The third-order valence-electron chi connectivity index (χ3n) is 3.82. The fourth-order valence-electron chi connectivity index (χ4n) is 2.97. The van der Waals surface area contributed by atoms with Gasteiger partial charge in [0.05, 0.1) is 5.69 Å². The van der Waals surface area contributed by atoms with E-state index in [4.69, 9.17) is 0 Å². The summed E-state index contributed by atoms with van der Waals surface area (Å²) in [4.78, 5) is 13.7. The molecule has 0 saturated carbocycles. The molecule has 5 heteroatoms. The summed E-state index contributed by atoms with van der Waals surface area (Å²) >= 11 is 0. The lowest BCUT2D eigenvalue weighted by Gasteiger charge is -2.44. The van der Waals surface area contributed by atoms with E-state index in [1.807, 2.05) is 6.92 Å². The van der Waals surface area contributed by atoms with Gasteiger partial charge in [-0.2, -0.15) is 0 Å². The molecule has 2 aliphatic heterocycles. The van der Waals surface area contributed by atoms with E-state index >= 15 is 0 Å². The highest BCUT2D eigenvalue weighted by Gasteiger charge is 2.40. The van der Waals surface area contributed by atoms with Crippen LogP contribution in [0, 0.1) is 17.6 Å². The number of carbonyl (C=O) groups is 1. The standard InChI is InChI=1S/C13H14F2N2O/c1-7-3-2-6-17-11(7)13(18)16-9-5-4-8(14)10(15)12(9)17/h4-5,7,11H,2-3,6H2,1H3,(H,16,18). The summed E-state index contributed by atoms with van der Waals surface area (Å²) in [6.07, 6.45) is 1.82. The molecule has 0 radical (unpaired) electrons. The Morgan fingerprint density at radius 3 is 2.94 bits per heavy atom. The van der Waals surface area contributed by atoms with E-state index in [9.17, 15) is 13.6 Å². The number of rotatable bonds is 0. The molecule has 1 amide bonds. The fourth-order valence-corrected chi connectivity index (χ4v) is 2.97. The number of hydrogen-bond acceptors (Lipinski definition) is 2. The number of amides is 1. The van der Waals surface area contributed by atoms with Crippen LogP contribution >= 0.6 is 0 Å². The lowest BCUT2D eigenvalue weighted by atomic mass is 9.88. The second-order valence-electron chi connectivity index (χ2n) is 5.00. The lowest BCUT2D eigenvalue weighted by molar-refractivity contribution is -0.119. The van der Waals surface area contributed by atoms with E-state index in [0.29, 0.717) is 12.2 Å². The van der Waals surface area contributed by atoms with Crippen LogP contribution in [0.2, 0.25) is 0 Å². The van der Waals surface area contributed by atoms with Crippen LogP contribution in [-0.4, -0.2) is 18.5 Å². The van der Waals surface area contributed by atoms with Crippen molar-refractivity contribution in [1.29, 1.82) is 0 Å². The van der Waals surface area contributed by atoms with Gasteiger partial charge in [-0.05, 0) is 30.9 Å². The molecule has 0 bridgehead atoms. The monoisotopic (exact) mass is 252 g/mol. The second kappa shape index (κ2) is 3.93. The molecular weight excluding hydrogens is 238 g/mol. The van der Waals surface area contributed by atoms with Crippen molar-refractivity contribution in [2.75, 3.05) is 16.8 Å². The number of fused-ring (bicyclic) bond motifs is 3. The van der Waals surface area contributed by atoms with Crippen LogP contribution in [0.15, 0.2) is 12.1 Å². The number of halogens is 2. The molecule has 1 N–H and O–H groups in total. The Balaban J connectivity index is 2.14. The molecule has 0 spiro atoms. The van der Waals surface area contributed by atoms with Gasteiger partial charge in [-0.15, -0.1) is 0 Å². The minimum absolute atomic E-state index is 0.124. The van der Waals surface area contributed by atoms with Crippen LogP contribution in [0.5, 0.6) is 0 Å². The number of nitrogens with one attached hydrogen (secondary N) is 1. The molecule has 3 nitrogen and oxygen atoms in total. The average molecular weight is 252 g/mol. The third kappa shape index (κ3) is 1.50. The molecule has 3 rings (SSSR count). The van der Waals surface area contributed by atoms with Crippen LogP contribution in [0.25, 0.3) is 0 Å². The quantitative estimate of drug-likeness (QED) is 0.769. The smallest absolute Gasteiger partial charge is 0.247 e. The Kier molecular flexibility index (Phi) is 2.50. The minimum Gasteiger partial charge on any atom is -0.355 e. The van der Waals surface area contributed by atoms with Gasteiger partial charge in [0.2, 0.25) is 5.91 Å². The fraction of sp³-hybridized carbons (Fsp3) is 0.462. The number of nitrogens with zero attached hydrogens (tertiary/aromatic N) is 1. The normalized spacial score (nSPS) is 26.4. The molecule has 2 heterocycles. The van der Waals surface area contributed by atoms with E-state index in [0.717, 1.165) is 18.9 Å². The zero-order chi connectivity index (χ0) is 12.9. The minimum atomic E-state index is -0.873. The Bertz CT molecular complexity index is 518. The first-order valence-corrected chi connectivity index (χ1v) is 6.15. The van der Waals surface area contributed by atoms with Crippen LogP contribution in [0.3, 0.4) is 0 Å². The van der Waals surface area contributed by atoms with Crippen molar-refractivity contribution < 1.29 is 13.6 Å². The van der Waals surface area contributed by atoms with Crippen molar-refractivity contribution in [2.45, 2.75) is 25.8 Å². The molecule has 0 aromatic heterocycles. The Hall–Kier alpha value is -1.65. The highest BCUT2D eigenvalue weighted by Crippen LogP contribution is 2.40. The van der Waals surface area contributed by atoms with Crippen molar-refractivity contribution in [2.24, 2.45) is 5.92 Å². The van der Waals surface area contributed by atoms with E-state index in [1.54, 1.807) is 4.90 Å². The number of carbonyl (C=O) groups excluding carboxylic acids is 1. The maximum atomic E-state index is 13.9. The summed E-state index contributed by atoms with van der Waals surface area (Å²) in [7, 11) is 0. The third-order valence-corrected chi connectivity index (χ3v) is 3.82. The maximum absolute atomic E-state index is 13.9. The first kappa shape index (κ1) is 11.4. The van der Waals surface area contributed by atoms with Crippen LogP contribution < -0.4 is 10.2 Å². The number of benzene rings is 1.